The Hall–Kier alpha value is -2.09. The molecule has 7 nitrogen and oxygen atoms in total. The largest absolute Gasteiger partial charge is 0.494 e. The summed E-state index contributed by atoms with van der Waals surface area (Å²) < 4.78 is 32.8. The molecule has 2 rings (SSSR count). The summed E-state index contributed by atoms with van der Waals surface area (Å²) in [5.41, 5.74) is 0.310. The van der Waals surface area contributed by atoms with Crippen molar-refractivity contribution in [3.05, 3.63) is 29.8 Å². The molecule has 1 aromatic carbocycles. The van der Waals surface area contributed by atoms with Gasteiger partial charge in [-0.1, -0.05) is 0 Å². The SMILES string of the molecule is CCOc1ccc(C(=O)OCC(=O)N[C@@H]2CCS(=O)(=O)C2)cc1. The molecule has 1 aliphatic heterocycles. The average Bonchev–Trinajstić information content (AvgIpc) is 2.84. The number of esters is 1. The maximum atomic E-state index is 11.8. The Balaban J connectivity index is 1.78. The van der Waals surface area contributed by atoms with Crippen molar-refractivity contribution in [2.75, 3.05) is 24.7 Å². The molecular weight excluding hydrogens is 322 g/mol. The lowest BCUT2D eigenvalue weighted by Gasteiger charge is -2.11. The first-order chi connectivity index (χ1) is 10.9. The molecule has 0 spiro atoms. The quantitative estimate of drug-likeness (QED) is 0.759. The fourth-order valence-electron chi connectivity index (χ4n) is 2.25. The fourth-order valence-corrected chi connectivity index (χ4v) is 3.92. The van der Waals surface area contributed by atoms with Gasteiger partial charge in [-0.25, -0.2) is 13.2 Å². The number of carbonyl (C=O) groups is 2. The highest BCUT2D eigenvalue weighted by molar-refractivity contribution is 7.91. The molecule has 1 aliphatic rings. The zero-order valence-corrected chi connectivity index (χ0v) is 13.6. The number of amides is 1. The van der Waals surface area contributed by atoms with E-state index in [-0.39, 0.29) is 11.5 Å². The Bertz CT molecular complexity index is 668. The predicted molar refractivity (Wildman–Crippen MR) is 83.1 cm³/mol. The molecular formula is C15H19NO6S. The number of hydrogen-bond acceptors (Lipinski definition) is 6. The van der Waals surface area contributed by atoms with E-state index in [0.29, 0.717) is 24.3 Å². The van der Waals surface area contributed by atoms with Crippen LogP contribution in [0.4, 0.5) is 0 Å². The van der Waals surface area contributed by atoms with Crippen molar-refractivity contribution in [2.45, 2.75) is 19.4 Å². The molecule has 1 saturated heterocycles. The Morgan fingerprint density at radius 2 is 1.96 bits per heavy atom. The molecule has 0 aliphatic carbocycles. The minimum absolute atomic E-state index is 0.0639. The standard InChI is InChI=1S/C15H19NO6S/c1-2-21-13-5-3-11(4-6-13)15(18)22-9-14(17)16-12-7-8-23(19,20)10-12/h3-6,12H,2,7-10H2,1H3,(H,16,17)/t12-/m1/s1. The van der Waals surface area contributed by atoms with Crippen molar-refractivity contribution in [2.24, 2.45) is 0 Å². The molecule has 1 N–H and O–H groups in total. The van der Waals surface area contributed by atoms with Crippen LogP contribution in [0.15, 0.2) is 24.3 Å². The highest BCUT2D eigenvalue weighted by Gasteiger charge is 2.29. The Labute approximate surface area is 134 Å². The average molecular weight is 341 g/mol. The van der Waals surface area contributed by atoms with Crippen LogP contribution in [0, 0.1) is 0 Å². The molecule has 1 amide bonds. The summed E-state index contributed by atoms with van der Waals surface area (Å²) in [5.74, 6) is -0.479. The van der Waals surface area contributed by atoms with Gasteiger partial charge in [0.2, 0.25) is 0 Å². The second-order valence-corrected chi connectivity index (χ2v) is 7.43. The van der Waals surface area contributed by atoms with Crippen LogP contribution in [0.5, 0.6) is 5.75 Å². The van der Waals surface area contributed by atoms with E-state index in [4.69, 9.17) is 9.47 Å². The minimum Gasteiger partial charge on any atom is -0.494 e. The van der Waals surface area contributed by atoms with Crippen molar-refractivity contribution in [1.82, 2.24) is 5.32 Å². The number of nitrogens with one attached hydrogen (secondary N) is 1. The van der Waals surface area contributed by atoms with Gasteiger partial charge in [0.05, 0.1) is 23.7 Å². The number of ether oxygens (including phenoxy) is 2. The fraction of sp³-hybridized carbons (Fsp3) is 0.467. The molecule has 8 heteroatoms. The zero-order chi connectivity index (χ0) is 16.9. The van der Waals surface area contributed by atoms with E-state index in [0.717, 1.165) is 0 Å². The second-order valence-electron chi connectivity index (χ2n) is 5.20. The lowest BCUT2D eigenvalue weighted by molar-refractivity contribution is -0.124. The van der Waals surface area contributed by atoms with Gasteiger partial charge < -0.3 is 14.8 Å². The number of hydrogen-bond donors (Lipinski definition) is 1. The summed E-state index contributed by atoms with van der Waals surface area (Å²) >= 11 is 0. The van der Waals surface area contributed by atoms with Gasteiger partial charge in [-0.2, -0.15) is 0 Å². The second kappa shape index (κ2) is 7.45. The van der Waals surface area contributed by atoms with E-state index in [1.54, 1.807) is 24.3 Å². The molecule has 1 fully saturated rings. The highest BCUT2D eigenvalue weighted by Crippen LogP contribution is 2.13. The van der Waals surface area contributed by atoms with Gasteiger partial charge in [0.1, 0.15) is 5.75 Å². The van der Waals surface area contributed by atoms with Crippen molar-refractivity contribution in [3.8, 4) is 5.75 Å². The lowest BCUT2D eigenvalue weighted by atomic mass is 10.2. The van der Waals surface area contributed by atoms with Gasteiger partial charge in [0, 0.05) is 6.04 Å². The van der Waals surface area contributed by atoms with Gasteiger partial charge in [-0.15, -0.1) is 0 Å². The van der Waals surface area contributed by atoms with Crippen LogP contribution in [-0.2, 0) is 19.4 Å². The van der Waals surface area contributed by atoms with Crippen LogP contribution < -0.4 is 10.1 Å². The first-order valence-electron chi connectivity index (χ1n) is 7.29. The summed E-state index contributed by atoms with van der Waals surface area (Å²) in [6.07, 6.45) is 0.390. The number of rotatable bonds is 6. The summed E-state index contributed by atoms with van der Waals surface area (Å²) in [5, 5.41) is 2.55. The maximum Gasteiger partial charge on any atom is 0.338 e. The van der Waals surface area contributed by atoms with Crippen LogP contribution in [-0.4, -0.2) is 51.1 Å². The first kappa shape index (κ1) is 17.3. The third-order valence-corrected chi connectivity index (χ3v) is 5.10. The third kappa shape index (κ3) is 5.24. The Morgan fingerprint density at radius 1 is 1.26 bits per heavy atom. The minimum atomic E-state index is -3.06. The summed E-state index contributed by atoms with van der Waals surface area (Å²) in [4.78, 5) is 23.5. The van der Waals surface area contributed by atoms with Crippen LogP contribution in [0.1, 0.15) is 23.7 Å². The Morgan fingerprint density at radius 3 is 2.52 bits per heavy atom. The molecule has 0 radical (unpaired) electrons. The number of benzene rings is 1. The smallest absolute Gasteiger partial charge is 0.338 e. The van der Waals surface area contributed by atoms with Crippen LogP contribution in [0.2, 0.25) is 0 Å². The van der Waals surface area contributed by atoms with Gasteiger partial charge in [-0.3, -0.25) is 4.79 Å². The summed E-state index contributed by atoms with van der Waals surface area (Å²) in [6.45, 7) is 1.94. The van der Waals surface area contributed by atoms with Crippen LogP contribution >= 0.6 is 0 Å². The molecule has 1 atom stereocenters. The molecule has 0 bridgehead atoms. The predicted octanol–water partition coefficient (Wildman–Crippen LogP) is 0.545. The molecule has 23 heavy (non-hydrogen) atoms. The van der Waals surface area contributed by atoms with Gasteiger partial charge >= 0.3 is 5.97 Å². The molecule has 126 valence electrons. The maximum absolute atomic E-state index is 11.8. The molecule has 0 unspecified atom stereocenters. The van der Waals surface area contributed by atoms with E-state index in [9.17, 15) is 18.0 Å². The molecule has 0 saturated carbocycles. The van der Waals surface area contributed by atoms with Crippen molar-refractivity contribution in [3.63, 3.8) is 0 Å². The van der Waals surface area contributed by atoms with Crippen LogP contribution in [0.3, 0.4) is 0 Å². The Kier molecular flexibility index (Phi) is 5.59. The number of sulfone groups is 1. The molecule has 1 heterocycles. The van der Waals surface area contributed by atoms with E-state index in [2.05, 4.69) is 5.32 Å². The first-order valence-corrected chi connectivity index (χ1v) is 9.11. The summed E-state index contributed by atoms with van der Waals surface area (Å²) in [7, 11) is -3.06. The van der Waals surface area contributed by atoms with Gasteiger partial charge in [0.25, 0.3) is 5.91 Å². The molecule has 1 aromatic rings. The van der Waals surface area contributed by atoms with E-state index in [1.807, 2.05) is 6.92 Å². The van der Waals surface area contributed by atoms with Crippen LogP contribution in [0.25, 0.3) is 0 Å². The highest BCUT2D eigenvalue weighted by atomic mass is 32.2. The zero-order valence-electron chi connectivity index (χ0n) is 12.8. The number of carbonyl (C=O) groups excluding carboxylic acids is 2. The topological polar surface area (TPSA) is 98.8 Å². The van der Waals surface area contributed by atoms with E-state index < -0.39 is 34.4 Å². The normalized spacial score (nSPS) is 19.1. The third-order valence-electron chi connectivity index (χ3n) is 3.33. The van der Waals surface area contributed by atoms with Gasteiger partial charge in [0.15, 0.2) is 16.4 Å². The summed E-state index contributed by atoms with van der Waals surface area (Å²) in [6, 6.07) is 5.98. The lowest BCUT2D eigenvalue weighted by Crippen LogP contribution is -2.38. The monoisotopic (exact) mass is 341 g/mol. The van der Waals surface area contributed by atoms with Gasteiger partial charge in [-0.05, 0) is 37.6 Å². The van der Waals surface area contributed by atoms with E-state index in [1.165, 1.54) is 0 Å². The van der Waals surface area contributed by atoms with Crippen molar-refractivity contribution in [1.29, 1.82) is 0 Å². The van der Waals surface area contributed by atoms with Crippen molar-refractivity contribution < 1.29 is 27.5 Å². The molecule has 0 aromatic heterocycles. The van der Waals surface area contributed by atoms with E-state index >= 15 is 0 Å². The van der Waals surface area contributed by atoms with Crippen molar-refractivity contribution >= 4 is 21.7 Å².